The number of ether oxygens (including phenoxy) is 1. The van der Waals surface area contributed by atoms with Gasteiger partial charge in [-0.3, -0.25) is 15.1 Å². The third kappa shape index (κ3) is 4.86. The predicted octanol–water partition coefficient (Wildman–Crippen LogP) is 5.45. The number of nitrogens with one attached hydrogen (secondary N) is 3. The first-order valence-corrected chi connectivity index (χ1v) is 12.6. The highest BCUT2D eigenvalue weighted by Gasteiger charge is 2.39. The Labute approximate surface area is 237 Å². The van der Waals surface area contributed by atoms with Gasteiger partial charge in [-0.2, -0.15) is 4.39 Å². The molecule has 1 aromatic heterocycles. The highest BCUT2D eigenvalue weighted by atomic mass is 35.5. The van der Waals surface area contributed by atoms with Crippen molar-refractivity contribution in [3.63, 3.8) is 0 Å². The molecule has 2 atom stereocenters. The van der Waals surface area contributed by atoms with Crippen molar-refractivity contribution >= 4 is 46.2 Å². The topological polar surface area (TPSA) is 129 Å². The van der Waals surface area contributed by atoms with Gasteiger partial charge in [0.2, 0.25) is 5.82 Å². The smallest absolute Gasteiger partial charge is 0.263 e. The Kier molecular flexibility index (Phi) is 7.41. The molecule has 1 aliphatic heterocycles. The van der Waals surface area contributed by atoms with Crippen LogP contribution in [-0.2, 0) is 0 Å². The van der Waals surface area contributed by atoms with E-state index in [4.69, 9.17) is 27.5 Å². The number of methoxy groups -OCH3 is 1. The van der Waals surface area contributed by atoms with Crippen molar-refractivity contribution in [2.75, 3.05) is 28.4 Å². The summed E-state index contributed by atoms with van der Waals surface area (Å²) in [6.45, 7) is 1.69. The van der Waals surface area contributed by atoms with Gasteiger partial charge >= 0.3 is 0 Å². The fraction of sp³-hybridized carbons (Fsp3) is 0.143. The number of nitrogens with zero attached hydrogens (tertiary/aromatic N) is 3. The normalized spacial score (nSPS) is 15.1. The minimum Gasteiger partial charge on any atom is -0.494 e. The van der Waals surface area contributed by atoms with Gasteiger partial charge < -0.3 is 21.1 Å². The maximum Gasteiger partial charge on any atom is 0.263 e. The van der Waals surface area contributed by atoms with Crippen molar-refractivity contribution in [3.8, 4) is 5.75 Å². The van der Waals surface area contributed by atoms with E-state index in [2.05, 4.69) is 20.6 Å². The summed E-state index contributed by atoms with van der Waals surface area (Å²) in [6.07, 6.45) is 0.230. The Morgan fingerprint density at radius 3 is 2.56 bits per heavy atom. The number of nitrogens with two attached hydrogens (primary N) is 1. The van der Waals surface area contributed by atoms with Gasteiger partial charge in [0.15, 0.2) is 11.6 Å². The van der Waals surface area contributed by atoms with Crippen LogP contribution in [-0.4, -0.2) is 40.9 Å². The van der Waals surface area contributed by atoms with Crippen LogP contribution >= 0.6 is 11.6 Å². The van der Waals surface area contributed by atoms with Crippen molar-refractivity contribution in [1.29, 1.82) is 5.41 Å². The van der Waals surface area contributed by atoms with Crippen LogP contribution in [0, 0.1) is 22.9 Å². The monoisotopic (exact) mass is 581 g/mol. The van der Waals surface area contributed by atoms with E-state index in [9.17, 15) is 18.0 Å². The summed E-state index contributed by atoms with van der Waals surface area (Å²) >= 11 is 6.30. The molecule has 0 saturated carbocycles. The molecule has 4 aromatic rings. The summed E-state index contributed by atoms with van der Waals surface area (Å²) in [4.78, 5) is 23.3. The average molecular weight is 582 g/mol. The number of hydrogen-bond donors (Lipinski definition) is 4. The fourth-order valence-electron chi connectivity index (χ4n) is 4.64. The van der Waals surface area contributed by atoms with Crippen LogP contribution in [0.1, 0.15) is 28.4 Å². The van der Waals surface area contributed by atoms with Crippen molar-refractivity contribution in [2.45, 2.75) is 19.1 Å². The van der Waals surface area contributed by atoms with E-state index >= 15 is 0 Å². The first-order chi connectivity index (χ1) is 19.6. The lowest BCUT2D eigenvalue weighted by Crippen LogP contribution is -2.56. The molecule has 0 saturated heterocycles. The number of carbonyl (C=O) groups excluding carboxylic acids is 1. The predicted molar refractivity (Wildman–Crippen MR) is 150 cm³/mol. The molecule has 0 bridgehead atoms. The number of benzene rings is 3. The first kappa shape index (κ1) is 27.7. The van der Waals surface area contributed by atoms with Gasteiger partial charge in [-0.1, -0.05) is 29.8 Å². The fourth-order valence-corrected chi connectivity index (χ4v) is 4.88. The highest BCUT2D eigenvalue weighted by molar-refractivity contribution is 6.36. The quantitative estimate of drug-likeness (QED) is 0.213. The summed E-state index contributed by atoms with van der Waals surface area (Å²) in [6, 6.07) is 12.8. The molecule has 5 rings (SSSR count). The van der Waals surface area contributed by atoms with E-state index in [1.807, 2.05) is 0 Å². The number of halogens is 4. The Morgan fingerprint density at radius 2 is 1.85 bits per heavy atom. The molecule has 0 radical (unpaired) electrons. The van der Waals surface area contributed by atoms with Gasteiger partial charge in [-0.25, -0.2) is 18.7 Å². The SMILES string of the molecule is COc1ccc(C(=N)c2c(N)ncnc2NC(C)C2Nc3c(F)ccc(Cl)c3C(=O)N2c2ccccc2)c(F)c1F. The van der Waals surface area contributed by atoms with E-state index in [-0.39, 0.29) is 39.2 Å². The second-order valence-corrected chi connectivity index (χ2v) is 9.52. The van der Waals surface area contributed by atoms with Crippen molar-refractivity contribution in [3.05, 3.63) is 100 Å². The molecule has 0 aliphatic carbocycles. The number of fused-ring (bicyclic) bond motifs is 1. The van der Waals surface area contributed by atoms with E-state index in [1.54, 1.807) is 37.3 Å². The number of amides is 1. The van der Waals surface area contributed by atoms with Crippen molar-refractivity contribution in [1.82, 2.24) is 9.97 Å². The average Bonchev–Trinajstić information content (AvgIpc) is 2.96. The third-order valence-electron chi connectivity index (χ3n) is 6.64. The molecule has 0 fully saturated rings. The van der Waals surface area contributed by atoms with Crippen LogP contribution in [0.2, 0.25) is 5.02 Å². The largest absolute Gasteiger partial charge is 0.494 e. The van der Waals surface area contributed by atoms with Crippen molar-refractivity contribution < 1.29 is 22.7 Å². The van der Waals surface area contributed by atoms with Crippen LogP contribution in [0.15, 0.2) is 60.9 Å². The standard InChI is InChI=1S/C28H23ClF3N7O2/c1-13(27-38-24-17(30)10-9-16(29)19(24)28(40)39(27)14-6-4-3-5-7-14)37-26-20(25(34)35-12-36-26)23(33)15-8-11-18(41-2)22(32)21(15)31/h3-13,27,33,38H,1-2H3,(H3,34,35,36,37). The maximum absolute atomic E-state index is 14.9. The number of anilines is 4. The Hall–Kier alpha value is -4.84. The molecule has 13 heteroatoms. The van der Waals surface area contributed by atoms with E-state index in [1.165, 1.54) is 30.2 Å². The van der Waals surface area contributed by atoms with Crippen molar-refractivity contribution in [2.24, 2.45) is 0 Å². The van der Waals surface area contributed by atoms with Crippen LogP contribution in [0.5, 0.6) is 5.75 Å². The molecule has 1 amide bonds. The van der Waals surface area contributed by atoms with E-state index < -0.39 is 46.8 Å². The number of nitrogen functional groups attached to an aromatic ring is 1. The minimum absolute atomic E-state index is 0.00486. The highest BCUT2D eigenvalue weighted by Crippen LogP contribution is 2.37. The molecular formula is C28H23ClF3N7O2. The Balaban J connectivity index is 1.55. The molecule has 9 nitrogen and oxygen atoms in total. The number of aromatic nitrogens is 2. The lowest BCUT2D eigenvalue weighted by molar-refractivity contribution is 0.0972. The van der Waals surface area contributed by atoms with Gasteiger partial charge in [0, 0.05) is 11.3 Å². The first-order valence-electron chi connectivity index (χ1n) is 12.3. The Bertz CT molecular complexity index is 1670. The van der Waals surface area contributed by atoms with E-state index in [0.29, 0.717) is 5.69 Å². The maximum atomic E-state index is 14.9. The van der Waals surface area contributed by atoms with Crippen LogP contribution in [0.25, 0.3) is 0 Å². The molecule has 0 spiro atoms. The lowest BCUT2D eigenvalue weighted by Gasteiger charge is -2.41. The summed E-state index contributed by atoms with van der Waals surface area (Å²) in [5.74, 6) is -4.29. The zero-order valence-corrected chi connectivity index (χ0v) is 22.4. The van der Waals surface area contributed by atoms with Crippen LogP contribution < -0.4 is 26.0 Å². The number of para-hydroxylation sites is 1. The number of hydrogen-bond acceptors (Lipinski definition) is 8. The molecule has 3 aromatic carbocycles. The minimum atomic E-state index is -1.31. The molecular weight excluding hydrogens is 559 g/mol. The second-order valence-electron chi connectivity index (χ2n) is 9.11. The van der Waals surface area contributed by atoms with Gasteiger partial charge in [-0.15, -0.1) is 0 Å². The molecule has 2 unspecified atom stereocenters. The molecule has 2 heterocycles. The van der Waals surface area contributed by atoms with Gasteiger partial charge in [-0.05, 0) is 43.3 Å². The molecule has 5 N–H and O–H groups in total. The number of carbonyl (C=O) groups is 1. The summed E-state index contributed by atoms with van der Waals surface area (Å²) in [5.41, 5.74) is 5.49. The Morgan fingerprint density at radius 1 is 1.12 bits per heavy atom. The van der Waals surface area contributed by atoms with E-state index in [0.717, 1.165) is 12.4 Å². The molecule has 41 heavy (non-hydrogen) atoms. The summed E-state index contributed by atoms with van der Waals surface area (Å²) in [7, 11) is 1.19. The second kappa shape index (κ2) is 11.0. The van der Waals surface area contributed by atoms with Gasteiger partial charge in [0.05, 0.1) is 40.7 Å². The zero-order chi connectivity index (χ0) is 29.4. The molecule has 1 aliphatic rings. The zero-order valence-electron chi connectivity index (χ0n) is 21.7. The third-order valence-corrected chi connectivity index (χ3v) is 6.96. The van der Waals surface area contributed by atoms with Crippen LogP contribution in [0.3, 0.4) is 0 Å². The van der Waals surface area contributed by atoms with Gasteiger partial charge in [0.1, 0.15) is 29.9 Å². The van der Waals surface area contributed by atoms with Gasteiger partial charge in [0.25, 0.3) is 5.91 Å². The summed E-state index contributed by atoms with van der Waals surface area (Å²) in [5, 5.41) is 14.9. The molecule has 210 valence electrons. The summed E-state index contributed by atoms with van der Waals surface area (Å²) < 4.78 is 49.1. The lowest BCUT2D eigenvalue weighted by atomic mass is 10.0. The van der Waals surface area contributed by atoms with Crippen LogP contribution in [0.4, 0.5) is 36.2 Å². The number of rotatable bonds is 7.